The molecule has 0 bridgehead atoms. The van der Waals surface area contributed by atoms with Gasteiger partial charge in [0.1, 0.15) is 23.6 Å². The lowest BCUT2D eigenvalue weighted by Crippen LogP contribution is -2.05. The number of nitrogens with zero attached hydrogens (tertiary/aromatic N) is 1. The number of para-hydroxylation sites is 1. The maximum absolute atomic E-state index is 9.75. The molecule has 0 aliphatic heterocycles. The lowest BCUT2D eigenvalue weighted by atomic mass is 10.1. The number of pyridine rings is 1. The van der Waals surface area contributed by atoms with Gasteiger partial charge in [0.25, 0.3) is 0 Å². The Labute approximate surface area is 99.8 Å². The number of fused-ring (bicyclic) bond motifs is 1. The summed E-state index contributed by atoms with van der Waals surface area (Å²) in [5.74, 6) is 0.892. The van der Waals surface area contributed by atoms with Gasteiger partial charge in [-0.2, -0.15) is 0 Å². The molecule has 1 heterocycles. The summed E-state index contributed by atoms with van der Waals surface area (Å²) in [6.45, 7) is 2.88. The Morgan fingerprint density at radius 2 is 2.12 bits per heavy atom. The number of phenolic OH excluding ortho intramolecular Hbond substituents is 1. The Morgan fingerprint density at radius 1 is 1.29 bits per heavy atom. The number of hydrogen-bond acceptors (Lipinski definition) is 4. The summed E-state index contributed by atoms with van der Waals surface area (Å²) in [5, 5.41) is 10.6. The average Bonchev–Trinajstić information content (AvgIpc) is 2.31. The first kappa shape index (κ1) is 11.7. The van der Waals surface area contributed by atoms with Gasteiger partial charge in [0, 0.05) is 24.3 Å². The predicted molar refractivity (Wildman–Crippen MR) is 65.5 cm³/mol. The van der Waals surface area contributed by atoms with E-state index in [1.165, 1.54) is 0 Å². The summed E-state index contributed by atoms with van der Waals surface area (Å²) in [6.07, 6.45) is 0. The Bertz CT molecular complexity index is 525. The normalized spacial score (nSPS) is 10.7. The number of hydrogen-bond donors (Lipinski definition) is 1. The second-order valence-electron chi connectivity index (χ2n) is 3.78. The molecular weight excluding hydrogens is 218 g/mol. The van der Waals surface area contributed by atoms with Crippen LogP contribution in [0.3, 0.4) is 0 Å². The summed E-state index contributed by atoms with van der Waals surface area (Å²) >= 11 is 0. The maximum atomic E-state index is 9.75. The van der Waals surface area contributed by atoms with Crippen LogP contribution in [0.25, 0.3) is 10.9 Å². The van der Waals surface area contributed by atoms with Gasteiger partial charge in [-0.05, 0) is 19.1 Å². The summed E-state index contributed by atoms with van der Waals surface area (Å²) < 4.78 is 10.6. The van der Waals surface area contributed by atoms with Crippen LogP contribution in [0, 0.1) is 6.92 Å². The van der Waals surface area contributed by atoms with Crippen LogP contribution < -0.4 is 4.74 Å². The minimum atomic E-state index is 0.169. The second-order valence-corrected chi connectivity index (χ2v) is 3.78. The minimum Gasteiger partial charge on any atom is -0.506 e. The zero-order valence-electron chi connectivity index (χ0n) is 9.93. The average molecular weight is 233 g/mol. The van der Waals surface area contributed by atoms with Crippen molar-refractivity contribution < 1.29 is 14.6 Å². The van der Waals surface area contributed by atoms with Crippen molar-refractivity contribution in [2.45, 2.75) is 6.92 Å². The molecule has 0 amide bonds. The third kappa shape index (κ3) is 2.47. The van der Waals surface area contributed by atoms with Gasteiger partial charge in [-0.25, -0.2) is 4.98 Å². The highest BCUT2D eigenvalue weighted by atomic mass is 16.5. The van der Waals surface area contributed by atoms with Gasteiger partial charge in [0.15, 0.2) is 0 Å². The van der Waals surface area contributed by atoms with Crippen LogP contribution >= 0.6 is 0 Å². The minimum absolute atomic E-state index is 0.169. The molecule has 2 aromatic rings. The molecule has 4 nitrogen and oxygen atoms in total. The molecule has 17 heavy (non-hydrogen) atoms. The van der Waals surface area contributed by atoms with E-state index in [-0.39, 0.29) is 5.75 Å². The molecule has 4 heteroatoms. The van der Waals surface area contributed by atoms with E-state index in [1.807, 2.05) is 19.1 Å². The van der Waals surface area contributed by atoms with E-state index in [1.54, 1.807) is 19.2 Å². The highest BCUT2D eigenvalue weighted by Crippen LogP contribution is 2.30. The van der Waals surface area contributed by atoms with Gasteiger partial charge >= 0.3 is 0 Å². The zero-order chi connectivity index (χ0) is 12.3. The molecule has 0 saturated carbocycles. The number of ether oxygens (including phenoxy) is 2. The monoisotopic (exact) mass is 233 g/mol. The number of aromatic hydroxyl groups is 1. The lowest BCUT2D eigenvalue weighted by molar-refractivity contribution is 0.147. The van der Waals surface area contributed by atoms with Crippen molar-refractivity contribution in [2.24, 2.45) is 0 Å². The van der Waals surface area contributed by atoms with Gasteiger partial charge in [-0.3, -0.25) is 0 Å². The van der Waals surface area contributed by atoms with Crippen molar-refractivity contribution in [3.8, 4) is 11.5 Å². The van der Waals surface area contributed by atoms with Crippen LogP contribution in [-0.2, 0) is 4.74 Å². The summed E-state index contributed by atoms with van der Waals surface area (Å²) in [5.41, 5.74) is 1.38. The van der Waals surface area contributed by atoms with Crippen molar-refractivity contribution in [1.29, 1.82) is 0 Å². The molecular formula is C13H15NO3. The second kappa shape index (κ2) is 5.01. The van der Waals surface area contributed by atoms with E-state index in [9.17, 15) is 5.11 Å². The fraction of sp³-hybridized carbons (Fsp3) is 0.308. The highest BCUT2D eigenvalue weighted by molar-refractivity contribution is 5.89. The van der Waals surface area contributed by atoms with Crippen molar-refractivity contribution in [2.75, 3.05) is 20.3 Å². The lowest BCUT2D eigenvalue weighted by Gasteiger charge is -2.10. The Kier molecular flexibility index (Phi) is 3.44. The smallest absolute Gasteiger partial charge is 0.141 e. The topological polar surface area (TPSA) is 51.6 Å². The van der Waals surface area contributed by atoms with Crippen LogP contribution in [0.2, 0.25) is 0 Å². The van der Waals surface area contributed by atoms with Crippen LogP contribution in [-0.4, -0.2) is 30.4 Å². The van der Waals surface area contributed by atoms with E-state index < -0.39 is 0 Å². The first-order chi connectivity index (χ1) is 8.22. The van der Waals surface area contributed by atoms with Crippen LogP contribution in [0.4, 0.5) is 0 Å². The molecule has 0 atom stereocenters. The number of methoxy groups -OCH3 is 1. The number of aromatic nitrogens is 1. The predicted octanol–water partition coefficient (Wildman–Crippen LogP) is 2.27. The summed E-state index contributed by atoms with van der Waals surface area (Å²) in [7, 11) is 1.63. The Hall–Kier alpha value is -1.81. The molecule has 0 saturated heterocycles. The zero-order valence-corrected chi connectivity index (χ0v) is 9.93. The van der Waals surface area contributed by atoms with E-state index in [0.717, 1.165) is 16.8 Å². The van der Waals surface area contributed by atoms with E-state index >= 15 is 0 Å². The SMILES string of the molecule is COCCOc1cc(C)nc2c(O)cccc12. The maximum Gasteiger partial charge on any atom is 0.141 e. The molecule has 0 unspecified atom stereocenters. The largest absolute Gasteiger partial charge is 0.506 e. The molecule has 0 fully saturated rings. The fourth-order valence-corrected chi connectivity index (χ4v) is 1.68. The van der Waals surface area contributed by atoms with E-state index in [0.29, 0.717) is 18.7 Å². The fourth-order valence-electron chi connectivity index (χ4n) is 1.68. The Morgan fingerprint density at radius 3 is 2.88 bits per heavy atom. The molecule has 2 rings (SSSR count). The first-order valence-electron chi connectivity index (χ1n) is 5.43. The van der Waals surface area contributed by atoms with Crippen molar-refractivity contribution in [1.82, 2.24) is 4.98 Å². The highest BCUT2D eigenvalue weighted by Gasteiger charge is 2.08. The quantitative estimate of drug-likeness (QED) is 0.823. The molecule has 0 aliphatic carbocycles. The number of benzene rings is 1. The van der Waals surface area contributed by atoms with E-state index in [2.05, 4.69) is 4.98 Å². The van der Waals surface area contributed by atoms with Gasteiger partial charge < -0.3 is 14.6 Å². The summed E-state index contributed by atoms with van der Waals surface area (Å²) in [6, 6.07) is 7.13. The molecule has 1 aromatic carbocycles. The molecule has 0 aliphatic rings. The molecule has 0 radical (unpaired) electrons. The van der Waals surface area contributed by atoms with E-state index in [4.69, 9.17) is 9.47 Å². The standard InChI is InChI=1S/C13H15NO3/c1-9-8-12(17-7-6-16-2)10-4-3-5-11(15)13(10)14-9/h3-5,8,15H,6-7H2,1-2H3. The first-order valence-corrected chi connectivity index (χ1v) is 5.43. The number of phenols is 1. The van der Waals surface area contributed by atoms with Gasteiger partial charge in [0.05, 0.1) is 6.61 Å². The third-order valence-corrected chi connectivity index (χ3v) is 2.45. The molecule has 0 spiro atoms. The Balaban J connectivity index is 2.43. The van der Waals surface area contributed by atoms with Gasteiger partial charge in [-0.1, -0.05) is 6.07 Å². The van der Waals surface area contributed by atoms with Crippen LogP contribution in [0.5, 0.6) is 11.5 Å². The van der Waals surface area contributed by atoms with Gasteiger partial charge in [0.2, 0.25) is 0 Å². The van der Waals surface area contributed by atoms with Crippen molar-refractivity contribution in [3.05, 3.63) is 30.0 Å². The number of aryl methyl sites for hydroxylation is 1. The molecule has 1 aromatic heterocycles. The summed E-state index contributed by atoms with van der Waals surface area (Å²) in [4.78, 5) is 4.30. The number of rotatable bonds is 4. The van der Waals surface area contributed by atoms with Crippen LogP contribution in [0.1, 0.15) is 5.69 Å². The molecule has 1 N–H and O–H groups in total. The van der Waals surface area contributed by atoms with Crippen LogP contribution in [0.15, 0.2) is 24.3 Å². The van der Waals surface area contributed by atoms with Crippen molar-refractivity contribution >= 4 is 10.9 Å². The van der Waals surface area contributed by atoms with Gasteiger partial charge in [-0.15, -0.1) is 0 Å². The van der Waals surface area contributed by atoms with Crippen molar-refractivity contribution in [3.63, 3.8) is 0 Å². The third-order valence-electron chi connectivity index (χ3n) is 2.45. The molecule has 90 valence electrons.